The summed E-state index contributed by atoms with van der Waals surface area (Å²) < 4.78 is 0. The molecule has 3 heterocycles. The maximum Gasteiger partial charge on any atom is 0.327 e. The Morgan fingerprint density at radius 1 is 1.04 bits per heavy atom. The van der Waals surface area contributed by atoms with Crippen LogP contribution in [0, 0.1) is 6.92 Å². The number of fused-ring (bicyclic) bond motifs is 1. The first kappa shape index (κ1) is 15.6. The van der Waals surface area contributed by atoms with E-state index >= 15 is 0 Å². The fourth-order valence-electron chi connectivity index (χ4n) is 4.35. The molecule has 0 aromatic heterocycles. The van der Waals surface area contributed by atoms with E-state index in [1.807, 2.05) is 0 Å². The number of aryl methyl sites for hydroxylation is 1. The van der Waals surface area contributed by atoms with Crippen LogP contribution in [0.1, 0.15) is 36.8 Å². The Morgan fingerprint density at radius 2 is 1.79 bits per heavy atom. The van der Waals surface area contributed by atoms with Crippen molar-refractivity contribution >= 4 is 11.9 Å². The number of imide groups is 1. The predicted molar refractivity (Wildman–Crippen MR) is 91.4 cm³/mol. The van der Waals surface area contributed by atoms with E-state index in [1.165, 1.54) is 11.1 Å². The molecule has 0 saturated carbocycles. The van der Waals surface area contributed by atoms with Crippen molar-refractivity contribution in [2.45, 2.75) is 51.2 Å². The van der Waals surface area contributed by atoms with Gasteiger partial charge in [-0.3, -0.25) is 14.6 Å². The van der Waals surface area contributed by atoms with Gasteiger partial charge in [0.05, 0.1) is 0 Å². The van der Waals surface area contributed by atoms with Crippen LogP contribution in [-0.4, -0.2) is 58.4 Å². The molecule has 3 aliphatic rings. The number of carbonyl (C=O) groups excluding carboxylic acids is 2. The van der Waals surface area contributed by atoms with Gasteiger partial charge in [0.1, 0.15) is 6.04 Å². The van der Waals surface area contributed by atoms with Gasteiger partial charge in [0.15, 0.2) is 0 Å². The van der Waals surface area contributed by atoms with Gasteiger partial charge in [0.25, 0.3) is 5.91 Å². The summed E-state index contributed by atoms with van der Waals surface area (Å²) in [6.45, 7) is 5.74. The molecule has 0 spiro atoms. The largest absolute Gasteiger partial charge is 0.327 e. The first-order valence-electron chi connectivity index (χ1n) is 9.05. The van der Waals surface area contributed by atoms with Gasteiger partial charge in [-0.1, -0.05) is 24.3 Å². The van der Waals surface area contributed by atoms with Crippen molar-refractivity contribution in [3.05, 3.63) is 35.4 Å². The van der Waals surface area contributed by atoms with Gasteiger partial charge in [-0.2, -0.15) is 0 Å². The van der Waals surface area contributed by atoms with Crippen LogP contribution in [0.4, 0.5) is 4.79 Å². The molecule has 3 fully saturated rings. The number of rotatable bonds is 3. The SMILES string of the molecule is Cc1ccccc1CN1CCC(N2C(=O)C3CCCN3C2=O)CC1. The summed E-state index contributed by atoms with van der Waals surface area (Å²) in [6, 6.07) is 8.37. The maximum atomic E-state index is 12.6. The first-order valence-corrected chi connectivity index (χ1v) is 9.05. The Morgan fingerprint density at radius 3 is 2.50 bits per heavy atom. The zero-order valence-corrected chi connectivity index (χ0v) is 14.3. The zero-order valence-electron chi connectivity index (χ0n) is 14.3. The highest BCUT2D eigenvalue weighted by Crippen LogP contribution is 2.31. The molecule has 4 rings (SSSR count). The Kier molecular flexibility index (Phi) is 4.04. The molecule has 5 heteroatoms. The molecular formula is C19H25N3O2. The number of benzene rings is 1. The van der Waals surface area contributed by atoms with Gasteiger partial charge in [-0.15, -0.1) is 0 Å². The highest BCUT2D eigenvalue weighted by Gasteiger charge is 2.49. The molecule has 1 unspecified atom stereocenters. The van der Waals surface area contributed by atoms with Crippen LogP contribution in [0.15, 0.2) is 24.3 Å². The smallest absolute Gasteiger partial charge is 0.312 e. The van der Waals surface area contributed by atoms with Crippen molar-refractivity contribution < 1.29 is 9.59 Å². The van der Waals surface area contributed by atoms with Gasteiger partial charge < -0.3 is 4.90 Å². The minimum Gasteiger partial charge on any atom is -0.312 e. The molecule has 0 radical (unpaired) electrons. The molecule has 1 atom stereocenters. The van der Waals surface area contributed by atoms with Crippen LogP contribution < -0.4 is 0 Å². The van der Waals surface area contributed by atoms with Crippen LogP contribution in [0.25, 0.3) is 0 Å². The zero-order chi connectivity index (χ0) is 16.7. The molecule has 3 aliphatic heterocycles. The highest BCUT2D eigenvalue weighted by molar-refractivity contribution is 6.04. The number of nitrogens with zero attached hydrogens (tertiary/aromatic N) is 3. The number of piperidine rings is 1. The second kappa shape index (κ2) is 6.20. The Balaban J connectivity index is 1.37. The van der Waals surface area contributed by atoms with E-state index in [2.05, 4.69) is 36.1 Å². The summed E-state index contributed by atoms with van der Waals surface area (Å²) in [7, 11) is 0. The molecule has 3 amide bonds. The molecule has 0 N–H and O–H groups in total. The summed E-state index contributed by atoms with van der Waals surface area (Å²) >= 11 is 0. The van der Waals surface area contributed by atoms with Crippen molar-refractivity contribution in [2.24, 2.45) is 0 Å². The van der Waals surface area contributed by atoms with E-state index in [0.717, 1.165) is 51.9 Å². The Bertz CT molecular complexity index is 630. The molecular weight excluding hydrogens is 302 g/mol. The number of hydrogen-bond acceptors (Lipinski definition) is 3. The standard InChI is InChI=1S/C19H25N3O2/c1-14-5-2-3-6-15(14)13-20-11-8-16(9-12-20)22-18(23)17-7-4-10-21(17)19(22)24/h2-3,5-6,16-17H,4,7-13H2,1H3. The van der Waals surface area contributed by atoms with Gasteiger partial charge in [-0.05, 0) is 43.7 Å². The van der Waals surface area contributed by atoms with Gasteiger partial charge in [0, 0.05) is 32.2 Å². The lowest BCUT2D eigenvalue weighted by molar-refractivity contribution is -0.130. The predicted octanol–water partition coefficient (Wildman–Crippen LogP) is 2.39. The lowest BCUT2D eigenvalue weighted by atomic mass is 10.0. The number of hydrogen-bond donors (Lipinski definition) is 0. The average molecular weight is 327 g/mol. The third-order valence-electron chi connectivity index (χ3n) is 5.80. The molecule has 1 aromatic carbocycles. The van der Waals surface area contributed by atoms with Gasteiger partial charge in [0.2, 0.25) is 0 Å². The first-order chi connectivity index (χ1) is 11.6. The molecule has 128 valence electrons. The molecule has 0 aliphatic carbocycles. The minimum atomic E-state index is -0.164. The lowest BCUT2D eigenvalue weighted by Crippen LogP contribution is -2.48. The topological polar surface area (TPSA) is 43.9 Å². The van der Waals surface area contributed by atoms with Gasteiger partial charge in [-0.25, -0.2) is 4.79 Å². The van der Waals surface area contributed by atoms with Crippen LogP contribution in [-0.2, 0) is 11.3 Å². The number of likely N-dealkylation sites (tertiary alicyclic amines) is 1. The van der Waals surface area contributed by atoms with E-state index in [9.17, 15) is 9.59 Å². The van der Waals surface area contributed by atoms with Crippen molar-refractivity contribution in [3.8, 4) is 0 Å². The number of amides is 3. The molecule has 24 heavy (non-hydrogen) atoms. The summed E-state index contributed by atoms with van der Waals surface area (Å²) in [5.41, 5.74) is 2.69. The van der Waals surface area contributed by atoms with Crippen molar-refractivity contribution in [1.29, 1.82) is 0 Å². The van der Waals surface area contributed by atoms with E-state index < -0.39 is 0 Å². The second-order valence-electron chi connectivity index (χ2n) is 7.28. The highest BCUT2D eigenvalue weighted by atomic mass is 16.2. The Labute approximate surface area is 143 Å². The minimum absolute atomic E-state index is 0.0418. The lowest BCUT2D eigenvalue weighted by Gasteiger charge is -2.35. The molecule has 1 aromatic rings. The van der Waals surface area contributed by atoms with E-state index in [4.69, 9.17) is 0 Å². The summed E-state index contributed by atoms with van der Waals surface area (Å²) in [4.78, 5) is 30.9. The third kappa shape index (κ3) is 2.61. The normalized spacial score (nSPS) is 25.6. The summed E-state index contributed by atoms with van der Waals surface area (Å²) in [6.07, 6.45) is 3.59. The maximum absolute atomic E-state index is 12.6. The van der Waals surface area contributed by atoms with E-state index in [0.29, 0.717) is 0 Å². The van der Waals surface area contributed by atoms with Crippen molar-refractivity contribution in [2.75, 3.05) is 19.6 Å². The monoisotopic (exact) mass is 327 g/mol. The van der Waals surface area contributed by atoms with E-state index in [-0.39, 0.29) is 24.0 Å². The molecule has 5 nitrogen and oxygen atoms in total. The van der Waals surface area contributed by atoms with Crippen LogP contribution in [0.5, 0.6) is 0 Å². The third-order valence-corrected chi connectivity index (χ3v) is 5.80. The fraction of sp³-hybridized carbons (Fsp3) is 0.579. The second-order valence-corrected chi connectivity index (χ2v) is 7.28. The van der Waals surface area contributed by atoms with E-state index in [1.54, 1.807) is 9.80 Å². The van der Waals surface area contributed by atoms with Crippen LogP contribution in [0.2, 0.25) is 0 Å². The quantitative estimate of drug-likeness (QED) is 0.801. The number of urea groups is 1. The molecule has 0 bridgehead atoms. The van der Waals surface area contributed by atoms with Crippen LogP contribution in [0.3, 0.4) is 0 Å². The average Bonchev–Trinajstić information content (AvgIpc) is 3.15. The Hall–Kier alpha value is -1.88. The fourth-order valence-corrected chi connectivity index (χ4v) is 4.35. The van der Waals surface area contributed by atoms with Crippen molar-refractivity contribution in [1.82, 2.24) is 14.7 Å². The summed E-state index contributed by atoms with van der Waals surface area (Å²) in [5.74, 6) is 0.0508. The van der Waals surface area contributed by atoms with Gasteiger partial charge >= 0.3 is 6.03 Å². The van der Waals surface area contributed by atoms with Crippen LogP contribution >= 0.6 is 0 Å². The number of carbonyl (C=O) groups is 2. The molecule has 3 saturated heterocycles. The summed E-state index contributed by atoms with van der Waals surface area (Å²) in [5, 5.41) is 0. The van der Waals surface area contributed by atoms with Crippen molar-refractivity contribution in [3.63, 3.8) is 0 Å².